The Morgan fingerprint density at radius 2 is 2.25 bits per heavy atom. The van der Waals surface area contributed by atoms with Crippen LogP contribution in [0.2, 0.25) is 0 Å². The largest absolute Gasteiger partial charge is 0.496 e. The van der Waals surface area contributed by atoms with Crippen molar-refractivity contribution in [3.05, 3.63) is 41.1 Å². The lowest BCUT2D eigenvalue weighted by Crippen LogP contribution is -2.24. The van der Waals surface area contributed by atoms with Gasteiger partial charge in [0.25, 0.3) is 5.91 Å². The third kappa shape index (κ3) is 3.09. The Morgan fingerprint density at radius 3 is 2.96 bits per heavy atom. The van der Waals surface area contributed by atoms with E-state index in [4.69, 9.17) is 13.9 Å². The van der Waals surface area contributed by atoms with Gasteiger partial charge in [-0.3, -0.25) is 4.79 Å². The molecule has 1 amide bonds. The van der Waals surface area contributed by atoms with Crippen LogP contribution in [0.15, 0.2) is 22.9 Å². The number of amides is 1. The molecule has 6 nitrogen and oxygen atoms in total. The van der Waals surface area contributed by atoms with E-state index in [1.165, 1.54) is 6.39 Å². The number of hydrogen-bond donors (Lipinski definition) is 1. The van der Waals surface area contributed by atoms with Crippen molar-refractivity contribution in [2.45, 2.75) is 45.8 Å². The lowest BCUT2D eigenvalue weighted by Gasteiger charge is -2.12. The average Bonchev–Trinajstić information content (AvgIpc) is 3.16. The summed E-state index contributed by atoms with van der Waals surface area (Å²) in [7, 11) is 1.63. The first-order valence-electron chi connectivity index (χ1n) is 8.07. The molecule has 24 heavy (non-hydrogen) atoms. The number of carbonyl (C=O) groups excluding carboxylic acids is 1. The number of fused-ring (bicyclic) bond motifs is 1. The number of rotatable bonds is 5. The first-order chi connectivity index (χ1) is 11.5. The second-order valence-corrected chi connectivity index (χ2v) is 6.31. The Labute approximate surface area is 141 Å². The highest BCUT2D eigenvalue weighted by molar-refractivity contribution is 5.93. The number of oxazole rings is 1. The first kappa shape index (κ1) is 16.4. The van der Waals surface area contributed by atoms with Gasteiger partial charge in [0.2, 0.25) is 0 Å². The summed E-state index contributed by atoms with van der Waals surface area (Å²) < 4.78 is 16.5. The molecule has 3 rings (SSSR count). The molecule has 0 unspecified atom stereocenters. The van der Waals surface area contributed by atoms with E-state index >= 15 is 0 Å². The molecule has 1 atom stereocenters. The molecule has 0 fully saturated rings. The zero-order valence-corrected chi connectivity index (χ0v) is 14.4. The van der Waals surface area contributed by atoms with Crippen LogP contribution < -0.4 is 14.8 Å². The maximum Gasteiger partial charge on any atom is 0.273 e. The van der Waals surface area contributed by atoms with Crippen LogP contribution in [0.5, 0.6) is 11.5 Å². The number of hydrogen-bond acceptors (Lipinski definition) is 5. The van der Waals surface area contributed by atoms with Crippen LogP contribution >= 0.6 is 0 Å². The van der Waals surface area contributed by atoms with Gasteiger partial charge in [0.15, 0.2) is 12.1 Å². The Hall–Kier alpha value is -2.50. The number of benzene rings is 1. The van der Waals surface area contributed by atoms with E-state index in [1.54, 1.807) is 7.11 Å². The van der Waals surface area contributed by atoms with Gasteiger partial charge in [-0.15, -0.1) is 0 Å². The molecule has 1 aromatic carbocycles. The van der Waals surface area contributed by atoms with Crippen molar-refractivity contribution in [3.63, 3.8) is 0 Å². The van der Waals surface area contributed by atoms with Crippen LogP contribution in [0.4, 0.5) is 0 Å². The molecular weight excluding hydrogens is 308 g/mol. The van der Waals surface area contributed by atoms with Crippen LogP contribution in [-0.4, -0.2) is 24.1 Å². The molecule has 0 saturated heterocycles. The molecule has 0 radical (unpaired) electrons. The van der Waals surface area contributed by atoms with Gasteiger partial charge in [0.1, 0.15) is 23.4 Å². The predicted octanol–water partition coefficient (Wildman–Crippen LogP) is 3.06. The number of ether oxygens (including phenoxy) is 2. The van der Waals surface area contributed by atoms with Crippen molar-refractivity contribution in [1.29, 1.82) is 0 Å². The van der Waals surface area contributed by atoms with Crippen molar-refractivity contribution in [2.24, 2.45) is 0 Å². The van der Waals surface area contributed by atoms with E-state index in [9.17, 15) is 4.79 Å². The fraction of sp³-hybridized carbons (Fsp3) is 0.444. The zero-order chi connectivity index (χ0) is 17.3. The van der Waals surface area contributed by atoms with E-state index in [0.29, 0.717) is 18.0 Å². The number of aromatic nitrogens is 1. The van der Waals surface area contributed by atoms with E-state index in [0.717, 1.165) is 29.0 Å². The summed E-state index contributed by atoms with van der Waals surface area (Å²) in [5.74, 6) is 2.03. The fourth-order valence-corrected chi connectivity index (χ4v) is 2.90. The molecule has 0 bridgehead atoms. The van der Waals surface area contributed by atoms with Gasteiger partial charge < -0.3 is 19.2 Å². The first-order valence-corrected chi connectivity index (χ1v) is 8.07. The summed E-state index contributed by atoms with van der Waals surface area (Å²) in [6.45, 7) is 6.28. The maximum atomic E-state index is 12.4. The summed E-state index contributed by atoms with van der Waals surface area (Å²) in [4.78, 5) is 16.4. The lowest BCUT2D eigenvalue weighted by molar-refractivity contribution is 0.0943. The van der Waals surface area contributed by atoms with Crippen LogP contribution in [0.25, 0.3) is 0 Å². The summed E-state index contributed by atoms with van der Waals surface area (Å²) in [6, 6.07) is 3.92. The summed E-state index contributed by atoms with van der Waals surface area (Å²) in [5, 5.41) is 2.88. The smallest absolute Gasteiger partial charge is 0.273 e. The van der Waals surface area contributed by atoms with Crippen molar-refractivity contribution in [2.75, 3.05) is 7.11 Å². The topological polar surface area (TPSA) is 73.6 Å². The second-order valence-electron chi connectivity index (χ2n) is 6.31. The lowest BCUT2D eigenvalue weighted by atomic mass is 10.1. The summed E-state index contributed by atoms with van der Waals surface area (Å²) in [5.41, 5.74) is 2.33. The van der Waals surface area contributed by atoms with Gasteiger partial charge in [-0.05, 0) is 19.1 Å². The number of nitrogens with zero attached hydrogens (tertiary/aromatic N) is 1. The molecule has 0 aliphatic carbocycles. The molecule has 6 heteroatoms. The SMILES string of the molecule is COc1cc2c(cc1CNC(=O)c1ncoc1C(C)C)O[C@H](C)C2. The molecule has 1 aliphatic rings. The van der Waals surface area contributed by atoms with Gasteiger partial charge >= 0.3 is 0 Å². The Bertz CT molecular complexity index is 751. The summed E-state index contributed by atoms with van der Waals surface area (Å²) in [6.07, 6.45) is 2.34. The van der Waals surface area contributed by atoms with Crippen molar-refractivity contribution >= 4 is 5.91 Å². The standard InChI is InChI=1S/C18H22N2O4/c1-10(2)17-16(20-9-23-17)18(21)19-8-13-7-15-12(5-11(3)24-15)6-14(13)22-4/h6-7,9-11H,5,8H2,1-4H3,(H,19,21)/t11-/m1/s1. The molecular formula is C18H22N2O4. The van der Waals surface area contributed by atoms with E-state index in [1.807, 2.05) is 32.9 Å². The minimum absolute atomic E-state index is 0.0951. The monoisotopic (exact) mass is 330 g/mol. The summed E-state index contributed by atoms with van der Waals surface area (Å²) >= 11 is 0. The molecule has 2 heterocycles. The van der Waals surface area contributed by atoms with Crippen molar-refractivity contribution in [1.82, 2.24) is 10.3 Å². The van der Waals surface area contributed by atoms with Gasteiger partial charge in [-0.2, -0.15) is 0 Å². The van der Waals surface area contributed by atoms with Gasteiger partial charge in [-0.25, -0.2) is 4.98 Å². The Kier molecular flexibility index (Phi) is 4.46. The van der Waals surface area contributed by atoms with Crippen molar-refractivity contribution in [3.8, 4) is 11.5 Å². The highest BCUT2D eigenvalue weighted by Crippen LogP contribution is 2.35. The van der Waals surface area contributed by atoms with Crippen LogP contribution in [0.1, 0.15) is 54.1 Å². The number of methoxy groups -OCH3 is 1. The zero-order valence-electron chi connectivity index (χ0n) is 14.4. The Morgan fingerprint density at radius 1 is 1.46 bits per heavy atom. The fourth-order valence-electron chi connectivity index (χ4n) is 2.90. The van der Waals surface area contributed by atoms with E-state index in [-0.39, 0.29) is 17.9 Å². The van der Waals surface area contributed by atoms with Gasteiger partial charge in [0, 0.05) is 30.0 Å². The molecule has 2 aromatic rings. The quantitative estimate of drug-likeness (QED) is 0.912. The molecule has 0 spiro atoms. The minimum atomic E-state index is -0.260. The van der Waals surface area contributed by atoms with Gasteiger partial charge in [0.05, 0.1) is 7.11 Å². The molecule has 1 aromatic heterocycles. The molecule has 1 N–H and O–H groups in total. The van der Waals surface area contributed by atoms with E-state index < -0.39 is 0 Å². The van der Waals surface area contributed by atoms with Crippen LogP contribution in [-0.2, 0) is 13.0 Å². The molecule has 128 valence electrons. The Balaban J connectivity index is 1.76. The molecule has 1 aliphatic heterocycles. The predicted molar refractivity (Wildman–Crippen MR) is 88.6 cm³/mol. The number of nitrogens with one attached hydrogen (secondary N) is 1. The third-order valence-electron chi connectivity index (χ3n) is 4.07. The van der Waals surface area contributed by atoms with Crippen molar-refractivity contribution < 1.29 is 18.7 Å². The van der Waals surface area contributed by atoms with E-state index in [2.05, 4.69) is 10.3 Å². The maximum absolute atomic E-state index is 12.4. The highest BCUT2D eigenvalue weighted by Gasteiger charge is 2.23. The van der Waals surface area contributed by atoms with Crippen LogP contribution in [0, 0.1) is 0 Å². The second kappa shape index (κ2) is 6.55. The normalized spacial score (nSPS) is 16.0. The highest BCUT2D eigenvalue weighted by atomic mass is 16.5. The van der Waals surface area contributed by atoms with Gasteiger partial charge in [-0.1, -0.05) is 13.8 Å². The third-order valence-corrected chi connectivity index (χ3v) is 4.07. The molecule has 0 saturated carbocycles. The average molecular weight is 330 g/mol. The number of carbonyl (C=O) groups is 1. The minimum Gasteiger partial charge on any atom is -0.496 e. The van der Waals surface area contributed by atoms with Crippen LogP contribution in [0.3, 0.4) is 0 Å².